The fourth-order valence-electron chi connectivity index (χ4n) is 3.20. The summed E-state index contributed by atoms with van der Waals surface area (Å²) in [6.45, 7) is 1.03. The molecule has 8 heteroatoms. The molecule has 2 atom stereocenters. The summed E-state index contributed by atoms with van der Waals surface area (Å²) in [7, 11) is 0. The number of ether oxygens (including phenoxy) is 1. The molecule has 1 aliphatic rings. The van der Waals surface area contributed by atoms with Crippen LogP contribution >= 0.6 is 0 Å². The normalized spacial score (nSPS) is 23.8. The highest BCUT2D eigenvalue weighted by Crippen LogP contribution is 2.36. The molecular weight excluding hydrogens is 339 g/mol. The van der Waals surface area contributed by atoms with Gasteiger partial charge in [-0.05, 0) is 31.9 Å². The third-order valence-electron chi connectivity index (χ3n) is 4.48. The zero-order valence-corrected chi connectivity index (χ0v) is 13.7. The van der Waals surface area contributed by atoms with Crippen LogP contribution < -0.4 is 10.1 Å². The minimum absolute atomic E-state index is 0.436. The van der Waals surface area contributed by atoms with Gasteiger partial charge in [-0.15, -0.1) is 0 Å². The number of para-hydroxylation sites is 1. The van der Waals surface area contributed by atoms with Crippen LogP contribution in [0, 0.1) is 5.92 Å². The maximum atomic E-state index is 12.9. The Morgan fingerprint density at radius 3 is 2.64 bits per heavy atom. The number of alkyl halides is 3. The van der Waals surface area contributed by atoms with E-state index in [1.54, 1.807) is 6.92 Å². The highest BCUT2D eigenvalue weighted by Gasteiger charge is 2.42. The van der Waals surface area contributed by atoms with Crippen molar-refractivity contribution in [2.45, 2.75) is 44.3 Å². The molecule has 138 valence electrons. The first-order valence-corrected chi connectivity index (χ1v) is 7.96. The van der Waals surface area contributed by atoms with E-state index in [1.165, 1.54) is 12.1 Å². The van der Waals surface area contributed by atoms with Crippen LogP contribution in [0.25, 0.3) is 0 Å². The molecule has 0 radical (unpaired) electrons. The topological polar surface area (TPSA) is 75.6 Å². The van der Waals surface area contributed by atoms with E-state index in [4.69, 9.17) is 4.74 Å². The third-order valence-corrected chi connectivity index (χ3v) is 4.48. The number of benzene rings is 1. The summed E-state index contributed by atoms with van der Waals surface area (Å²) in [5, 5.41) is 11.9. The SMILES string of the molecule is CC1(NC(=O)COc2ccccc2C(F)(F)F)CCCCC1C(=O)O. The molecular formula is C17H20F3NO4. The van der Waals surface area contributed by atoms with Gasteiger partial charge in [0.2, 0.25) is 0 Å². The minimum Gasteiger partial charge on any atom is -0.483 e. The van der Waals surface area contributed by atoms with Gasteiger partial charge in [-0.25, -0.2) is 0 Å². The van der Waals surface area contributed by atoms with E-state index < -0.39 is 47.4 Å². The monoisotopic (exact) mass is 359 g/mol. The summed E-state index contributed by atoms with van der Waals surface area (Å²) < 4.78 is 43.7. The maximum Gasteiger partial charge on any atom is 0.419 e. The van der Waals surface area contributed by atoms with Gasteiger partial charge in [0.1, 0.15) is 5.75 Å². The minimum atomic E-state index is -4.59. The Bertz CT molecular complexity index is 647. The lowest BCUT2D eigenvalue weighted by atomic mass is 9.74. The van der Waals surface area contributed by atoms with Crippen LogP contribution in [0.5, 0.6) is 5.75 Å². The Labute approximate surface area is 143 Å². The Hall–Kier alpha value is -2.25. The number of carbonyl (C=O) groups is 2. The standard InChI is InChI=1S/C17H20F3NO4/c1-16(9-5-4-7-12(16)15(23)24)21-14(22)10-25-13-8-3-2-6-11(13)17(18,19)20/h2-3,6,8,12H,4-5,7,9-10H2,1H3,(H,21,22)(H,23,24). The van der Waals surface area contributed by atoms with Crippen molar-refractivity contribution in [3.05, 3.63) is 29.8 Å². The highest BCUT2D eigenvalue weighted by molar-refractivity contribution is 5.80. The number of carbonyl (C=O) groups excluding carboxylic acids is 1. The molecule has 2 rings (SSSR count). The van der Waals surface area contributed by atoms with E-state index in [0.29, 0.717) is 12.8 Å². The number of carboxylic acids is 1. The van der Waals surface area contributed by atoms with Gasteiger partial charge >= 0.3 is 12.1 Å². The van der Waals surface area contributed by atoms with Crippen LogP contribution in [0.3, 0.4) is 0 Å². The number of halogens is 3. The van der Waals surface area contributed by atoms with Crippen LogP contribution in [0.4, 0.5) is 13.2 Å². The molecule has 0 aliphatic heterocycles. The Balaban J connectivity index is 2.03. The van der Waals surface area contributed by atoms with Gasteiger partial charge in [0.05, 0.1) is 17.0 Å². The fourth-order valence-corrected chi connectivity index (χ4v) is 3.20. The summed E-state index contributed by atoms with van der Waals surface area (Å²) in [5.74, 6) is -2.81. The average Bonchev–Trinajstić information content (AvgIpc) is 2.52. The number of carboxylic acid groups (broad SMARTS) is 1. The van der Waals surface area contributed by atoms with Crippen LogP contribution in [-0.2, 0) is 15.8 Å². The zero-order valence-electron chi connectivity index (χ0n) is 13.7. The molecule has 2 unspecified atom stereocenters. The predicted octanol–water partition coefficient (Wildman–Crippen LogP) is 3.23. The van der Waals surface area contributed by atoms with Gasteiger partial charge in [0, 0.05) is 0 Å². The van der Waals surface area contributed by atoms with Gasteiger partial charge in [-0.2, -0.15) is 13.2 Å². The van der Waals surface area contributed by atoms with E-state index >= 15 is 0 Å². The second kappa shape index (κ2) is 7.33. The molecule has 1 saturated carbocycles. The fraction of sp³-hybridized carbons (Fsp3) is 0.529. The lowest BCUT2D eigenvalue weighted by molar-refractivity contribution is -0.147. The number of aliphatic carboxylic acids is 1. The first kappa shape index (κ1) is 19.1. The largest absolute Gasteiger partial charge is 0.483 e. The average molecular weight is 359 g/mol. The van der Waals surface area contributed by atoms with E-state index in [1.807, 2.05) is 0 Å². The van der Waals surface area contributed by atoms with Gasteiger partial charge < -0.3 is 15.2 Å². The third kappa shape index (κ3) is 4.64. The molecule has 0 bridgehead atoms. The molecule has 0 saturated heterocycles. The van der Waals surface area contributed by atoms with Crippen LogP contribution in [0.15, 0.2) is 24.3 Å². The molecule has 1 fully saturated rings. The number of hydrogen-bond acceptors (Lipinski definition) is 3. The highest BCUT2D eigenvalue weighted by atomic mass is 19.4. The van der Waals surface area contributed by atoms with E-state index in [2.05, 4.69) is 5.32 Å². The first-order chi connectivity index (χ1) is 11.6. The molecule has 1 aliphatic carbocycles. The lowest BCUT2D eigenvalue weighted by Crippen LogP contribution is -2.56. The Morgan fingerprint density at radius 1 is 1.32 bits per heavy atom. The summed E-state index contributed by atoms with van der Waals surface area (Å²) in [6.07, 6.45) is -2.11. The van der Waals surface area contributed by atoms with Crippen molar-refractivity contribution < 1.29 is 32.6 Å². The van der Waals surface area contributed by atoms with Crippen molar-refractivity contribution in [2.24, 2.45) is 5.92 Å². The first-order valence-electron chi connectivity index (χ1n) is 7.96. The molecule has 1 aromatic rings. The van der Waals surface area contributed by atoms with Crippen molar-refractivity contribution in [1.29, 1.82) is 0 Å². The summed E-state index contributed by atoms with van der Waals surface area (Å²) in [4.78, 5) is 23.5. The van der Waals surface area contributed by atoms with Crippen molar-refractivity contribution in [2.75, 3.05) is 6.61 Å². The molecule has 0 spiro atoms. The van der Waals surface area contributed by atoms with Crippen molar-refractivity contribution in [3.63, 3.8) is 0 Å². The van der Waals surface area contributed by atoms with Crippen LogP contribution in [0.2, 0.25) is 0 Å². The van der Waals surface area contributed by atoms with Crippen molar-refractivity contribution >= 4 is 11.9 Å². The van der Waals surface area contributed by atoms with Crippen molar-refractivity contribution in [3.8, 4) is 5.75 Å². The summed E-state index contributed by atoms with van der Waals surface area (Å²) >= 11 is 0. The number of rotatable bonds is 5. The summed E-state index contributed by atoms with van der Waals surface area (Å²) in [5.41, 5.74) is -1.90. The second-order valence-electron chi connectivity index (χ2n) is 6.38. The van der Waals surface area contributed by atoms with Gasteiger partial charge in [-0.3, -0.25) is 9.59 Å². The number of amides is 1. The Morgan fingerprint density at radius 2 is 2.00 bits per heavy atom. The maximum absolute atomic E-state index is 12.9. The van der Waals surface area contributed by atoms with Crippen LogP contribution in [0.1, 0.15) is 38.2 Å². The molecule has 1 aromatic carbocycles. The quantitative estimate of drug-likeness (QED) is 0.846. The van der Waals surface area contributed by atoms with Crippen LogP contribution in [-0.4, -0.2) is 29.1 Å². The molecule has 25 heavy (non-hydrogen) atoms. The predicted molar refractivity (Wildman–Crippen MR) is 83.1 cm³/mol. The molecule has 0 aromatic heterocycles. The van der Waals surface area contributed by atoms with Gasteiger partial charge in [-0.1, -0.05) is 25.0 Å². The van der Waals surface area contributed by atoms with Crippen molar-refractivity contribution in [1.82, 2.24) is 5.32 Å². The molecule has 1 amide bonds. The van der Waals surface area contributed by atoms with E-state index in [9.17, 15) is 27.9 Å². The number of nitrogens with one attached hydrogen (secondary N) is 1. The number of hydrogen-bond donors (Lipinski definition) is 2. The second-order valence-corrected chi connectivity index (χ2v) is 6.38. The van der Waals surface area contributed by atoms with E-state index in [-0.39, 0.29) is 0 Å². The van der Waals surface area contributed by atoms with Gasteiger partial charge in [0.25, 0.3) is 5.91 Å². The van der Waals surface area contributed by atoms with E-state index in [0.717, 1.165) is 25.0 Å². The smallest absolute Gasteiger partial charge is 0.419 e. The lowest BCUT2D eigenvalue weighted by Gasteiger charge is -2.39. The molecule has 5 nitrogen and oxygen atoms in total. The van der Waals surface area contributed by atoms with Gasteiger partial charge in [0.15, 0.2) is 6.61 Å². The molecule has 2 N–H and O–H groups in total. The molecule has 0 heterocycles. The Kier molecular flexibility index (Phi) is 5.59. The summed E-state index contributed by atoms with van der Waals surface area (Å²) in [6, 6.07) is 4.62. The zero-order chi connectivity index (χ0) is 18.7.